The van der Waals surface area contributed by atoms with Gasteiger partial charge in [0.15, 0.2) is 5.15 Å². The number of pyridine rings is 1. The topological polar surface area (TPSA) is 77.4 Å². The van der Waals surface area contributed by atoms with Crippen LogP contribution in [0.3, 0.4) is 0 Å². The lowest BCUT2D eigenvalue weighted by Gasteiger charge is -2.14. The molecule has 0 saturated heterocycles. The number of aromatic nitrogens is 1. The van der Waals surface area contributed by atoms with Crippen molar-refractivity contribution in [3.05, 3.63) is 33.0 Å². The van der Waals surface area contributed by atoms with E-state index in [0.29, 0.717) is 5.92 Å². The molecule has 0 amide bonds. The van der Waals surface area contributed by atoms with Gasteiger partial charge in [-0.15, -0.1) is 0 Å². The highest BCUT2D eigenvalue weighted by Gasteiger charge is 2.17. The van der Waals surface area contributed by atoms with E-state index in [1.54, 1.807) is 6.21 Å². The van der Waals surface area contributed by atoms with E-state index in [1.165, 1.54) is 0 Å². The molecule has 1 atom stereocenters. The molecule has 2 rings (SSSR count). The lowest BCUT2D eigenvalue weighted by molar-refractivity contribution is -0.255. The van der Waals surface area contributed by atoms with Crippen molar-refractivity contribution in [3.8, 4) is 0 Å². The summed E-state index contributed by atoms with van der Waals surface area (Å²) in [5.74, 6) is -1.22. The monoisotopic (exact) mass is 346 g/mol. The number of carbonyl (C=O) groups excluding carboxylic acids is 1. The van der Waals surface area contributed by atoms with Crippen molar-refractivity contribution in [1.29, 1.82) is 0 Å². The van der Waals surface area contributed by atoms with Crippen LogP contribution in [0, 0.1) is 5.92 Å². The van der Waals surface area contributed by atoms with E-state index in [-0.39, 0.29) is 20.9 Å². The van der Waals surface area contributed by atoms with E-state index in [2.05, 4.69) is 27.7 Å². The Labute approximate surface area is 136 Å². The predicted molar refractivity (Wildman–Crippen MR) is 82.2 cm³/mol. The molecule has 0 unspecified atom stereocenters. The summed E-state index contributed by atoms with van der Waals surface area (Å²) in [7, 11) is 0. The Morgan fingerprint density at radius 3 is 2.76 bits per heavy atom. The van der Waals surface area contributed by atoms with E-state index < -0.39 is 11.7 Å². The fourth-order valence-electron chi connectivity index (χ4n) is 1.91. The van der Waals surface area contributed by atoms with Crippen LogP contribution >= 0.6 is 34.8 Å². The smallest absolute Gasteiger partial charge is 0.150 e. The molecule has 1 aromatic heterocycles. The average Bonchev–Trinajstić information content (AvgIpc) is 2.47. The number of nitrogens with zero attached hydrogens (tertiary/aromatic N) is 2. The molecule has 1 aromatic rings. The first kappa shape index (κ1) is 16.1. The summed E-state index contributed by atoms with van der Waals surface area (Å²) in [5.41, 5.74) is 2.25. The third kappa shape index (κ3) is 3.87. The van der Waals surface area contributed by atoms with E-state index >= 15 is 0 Å². The Hall–Kier alpha value is -1.30. The first-order valence-electron chi connectivity index (χ1n) is 6.20. The highest BCUT2D eigenvalue weighted by molar-refractivity contribution is 6.46. The maximum absolute atomic E-state index is 10.9. The number of hydrogen-bond acceptors (Lipinski definition) is 5. The molecule has 21 heavy (non-hydrogen) atoms. The van der Waals surface area contributed by atoms with Gasteiger partial charge in [-0.3, -0.25) is 5.43 Å². The summed E-state index contributed by atoms with van der Waals surface area (Å²) >= 11 is 17.7. The lowest BCUT2D eigenvalue weighted by atomic mass is 9.96. The first-order chi connectivity index (χ1) is 10.0. The minimum atomic E-state index is -1.54. The second-order valence-corrected chi connectivity index (χ2v) is 5.59. The molecule has 0 spiro atoms. The van der Waals surface area contributed by atoms with Gasteiger partial charge in [-0.25, -0.2) is 4.98 Å². The van der Waals surface area contributed by atoms with Crippen molar-refractivity contribution in [2.45, 2.75) is 19.3 Å². The maximum atomic E-state index is 10.9. The summed E-state index contributed by atoms with van der Waals surface area (Å²) in [5, 5.41) is 14.6. The number of halogens is 3. The second kappa shape index (κ2) is 7.11. The van der Waals surface area contributed by atoms with Crippen LogP contribution < -0.4 is 10.5 Å². The fraction of sp³-hybridized carbons (Fsp3) is 0.308. The largest absolute Gasteiger partial charge is 0.543 e. The van der Waals surface area contributed by atoms with E-state index in [0.717, 1.165) is 19.3 Å². The lowest BCUT2D eigenvalue weighted by Crippen LogP contribution is -2.24. The molecule has 0 bridgehead atoms. The third-order valence-electron chi connectivity index (χ3n) is 3.00. The number of allylic oxidation sites excluding steroid dienone is 2. The van der Waals surface area contributed by atoms with Crippen LogP contribution in [0.1, 0.15) is 29.8 Å². The van der Waals surface area contributed by atoms with Gasteiger partial charge in [0.1, 0.15) is 10.7 Å². The van der Waals surface area contributed by atoms with Crippen molar-refractivity contribution >= 4 is 52.7 Å². The maximum Gasteiger partial charge on any atom is 0.150 e. The zero-order chi connectivity index (χ0) is 15.4. The number of anilines is 1. The first-order valence-corrected chi connectivity index (χ1v) is 7.34. The standard InChI is InChI=1S/C13H12Cl3N3O2/c14-8-10(9(15)12(16)18-11(8)13(20)21)19-17-6-7-4-2-1-3-5-7/h1-2,6-7H,3-5H2,(H,18,19)(H,20,21)/p-1/b17-6-/t7-/m1/s1. The molecule has 5 nitrogen and oxygen atoms in total. The Morgan fingerprint density at radius 2 is 2.14 bits per heavy atom. The molecule has 0 radical (unpaired) electrons. The van der Waals surface area contributed by atoms with Crippen molar-refractivity contribution in [1.82, 2.24) is 4.98 Å². The van der Waals surface area contributed by atoms with Crippen molar-refractivity contribution in [2.24, 2.45) is 11.0 Å². The molecule has 1 heterocycles. The molecule has 1 aliphatic rings. The Kier molecular flexibility index (Phi) is 5.45. The van der Waals surface area contributed by atoms with Gasteiger partial charge in [0.25, 0.3) is 0 Å². The number of carboxylic acids is 1. The van der Waals surface area contributed by atoms with Gasteiger partial charge in [0.05, 0.1) is 16.7 Å². The number of aromatic carboxylic acids is 1. The average molecular weight is 348 g/mol. The summed E-state index contributed by atoms with van der Waals surface area (Å²) < 4.78 is 0. The molecule has 0 saturated carbocycles. The molecular weight excluding hydrogens is 337 g/mol. The van der Waals surface area contributed by atoms with E-state index in [4.69, 9.17) is 34.8 Å². The van der Waals surface area contributed by atoms with Crippen LogP contribution in [0.5, 0.6) is 0 Å². The predicted octanol–water partition coefficient (Wildman–Crippen LogP) is 3.16. The SMILES string of the molecule is O=C([O-])c1nc(Cl)c(Cl)c(N/N=C\[C@@H]2CC=CCC2)c1Cl. The Bertz CT molecular complexity index is 617. The van der Waals surface area contributed by atoms with Crippen molar-refractivity contribution in [3.63, 3.8) is 0 Å². The molecule has 112 valence electrons. The number of rotatable bonds is 4. The van der Waals surface area contributed by atoms with Crippen LogP contribution in [-0.2, 0) is 0 Å². The van der Waals surface area contributed by atoms with Gasteiger partial charge in [-0.2, -0.15) is 5.10 Å². The van der Waals surface area contributed by atoms with Crippen LogP contribution in [0.25, 0.3) is 0 Å². The molecule has 1 aliphatic carbocycles. The summed E-state index contributed by atoms with van der Waals surface area (Å²) in [6.07, 6.45) is 8.88. The van der Waals surface area contributed by atoms with Gasteiger partial charge in [-0.1, -0.05) is 47.0 Å². The molecule has 0 aliphatic heterocycles. The molecule has 1 N–H and O–H groups in total. The van der Waals surface area contributed by atoms with E-state index in [9.17, 15) is 9.90 Å². The minimum absolute atomic E-state index is 0.00681. The quantitative estimate of drug-likeness (QED) is 0.393. The van der Waals surface area contributed by atoms with Crippen LogP contribution in [0.15, 0.2) is 17.3 Å². The van der Waals surface area contributed by atoms with Crippen LogP contribution in [-0.4, -0.2) is 17.2 Å². The van der Waals surface area contributed by atoms with Gasteiger partial charge in [-0.05, 0) is 25.2 Å². The molecular formula is C13H11Cl3N3O2-. The zero-order valence-electron chi connectivity index (χ0n) is 10.8. The highest BCUT2D eigenvalue weighted by atomic mass is 35.5. The zero-order valence-corrected chi connectivity index (χ0v) is 13.0. The Balaban J connectivity index is 2.21. The van der Waals surface area contributed by atoms with Gasteiger partial charge < -0.3 is 9.90 Å². The molecule has 0 fully saturated rings. The third-order valence-corrected chi connectivity index (χ3v) is 4.11. The molecule has 0 aromatic carbocycles. The summed E-state index contributed by atoms with van der Waals surface area (Å²) in [4.78, 5) is 14.5. The summed E-state index contributed by atoms with van der Waals surface area (Å²) in [6, 6.07) is 0. The number of nitrogens with one attached hydrogen (secondary N) is 1. The normalized spacial score (nSPS) is 18.1. The van der Waals surface area contributed by atoms with Crippen molar-refractivity contribution in [2.75, 3.05) is 5.43 Å². The minimum Gasteiger partial charge on any atom is -0.543 e. The van der Waals surface area contributed by atoms with Crippen LogP contribution in [0.4, 0.5) is 5.69 Å². The van der Waals surface area contributed by atoms with Gasteiger partial charge >= 0.3 is 0 Å². The highest BCUT2D eigenvalue weighted by Crippen LogP contribution is 2.36. The van der Waals surface area contributed by atoms with Gasteiger partial charge in [0.2, 0.25) is 0 Å². The number of carbonyl (C=O) groups is 1. The second-order valence-electron chi connectivity index (χ2n) is 4.48. The number of hydrogen-bond donors (Lipinski definition) is 1. The summed E-state index contributed by atoms with van der Waals surface area (Å²) in [6.45, 7) is 0. The van der Waals surface area contributed by atoms with Crippen LogP contribution in [0.2, 0.25) is 15.2 Å². The van der Waals surface area contributed by atoms with E-state index in [1.807, 2.05) is 0 Å². The Morgan fingerprint density at radius 1 is 1.38 bits per heavy atom. The number of carboxylic acid groups (broad SMARTS) is 1. The van der Waals surface area contributed by atoms with Gasteiger partial charge in [0, 0.05) is 6.21 Å². The van der Waals surface area contributed by atoms with Crippen molar-refractivity contribution < 1.29 is 9.90 Å². The number of hydrazone groups is 1. The fourth-order valence-corrected chi connectivity index (χ4v) is 2.57. The molecule has 8 heteroatoms.